The van der Waals surface area contributed by atoms with Crippen LogP contribution in [-0.2, 0) is 59.2 Å². The smallest absolute Gasteiger partial charge is 0.245 e. The second-order valence-corrected chi connectivity index (χ2v) is 17.9. The SMILES string of the molecule is CC[C@H](C)[C@@H]1NC(=O)[C@H](Cc2ccc(O)cc2)NC(=O)CCCCC[C@@H](C(=O)N2CCC[C@H]2C(=O)N[C@@H](CC(C)C)C(=O)NCC(N)=O)NC(=O)[C@H](CC(N)=O)NC(=O)C(CCC(N)=O)NC1=O. The molecule has 14 N–H and O–H groups in total. The number of nitrogens with one attached hydrogen (secondary N) is 7. The zero-order chi connectivity index (χ0) is 50.7. The molecule has 1 aromatic rings. The van der Waals surface area contributed by atoms with Crippen molar-refractivity contribution in [3.05, 3.63) is 29.8 Å². The van der Waals surface area contributed by atoms with Crippen LogP contribution in [0.25, 0.3) is 0 Å². The van der Waals surface area contributed by atoms with Gasteiger partial charge >= 0.3 is 0 Å². The zero-order valence-corrected chi connectivity index (χ0v) is 39.2. The third-order valence-corrected chi connectivity index (χ3v) is 11.8. The number of nitrogens with two attached hydrogens (primary N) is 3. The van der Waals surface area contributed by atoms with Crippen molar-refractivity contribution < 1.29 is 57.8 Å². The lowest BCUT2D eigenvalue weighted by atomic mass is 9.96. The van der Waals surface area contributed by atoms with Gasteiger partial charge < -0.3 is 64.4 Å². The van der Waals surface area contributed by atoms with Crippen molar-refractivity contribution in [1.29, 1.82) is 0 Å². The fourth-order valence-corrected chi connectivity index (χ4v) is 7.91. The Kier molecular flexibility index (Phi) is 22.1. The number of carbonyl (C=O) groups is 11. The summed E-state index contributed by atoms with van der Waals surface area (Å²) in [6.07, 6.45) is 0.302. The van der Waals surface area contributed by atoms with E-state index in [1.807, 2.05) is 13.8 Å². The number of phenols is 1. The number of amides is 11. The van der Waals surface area contributed by atoms with Crippen LogP contribution in [0.3, 0.4) is 0 Å². The molecular weight excluding hydrogens is 887 g/mol. The van der Waals surface area contributed by atoms with E-state index in [4.69, 9.17) is 17.2 Å². The number of phenolic OH excluding ortho intramolecular Hbond substituents is 1. The van der Waals surface area contributed by atoms with Gasteiger partial charge in [0.1, 0.15) is 48.0 Å². The van der Waals surface area contributed by atoms with Crippen molar-refractivity contribution in [2.45, 2.75) is 153 Å². The van der Waals surface area contributed by atoms with Gasteiger partial charge in [-0.3, -0.25) is 52.7 Å². The maximum Gasteiger partial charge on any atom is 0.245 e. The highest BCUT2D eigenvalue weighted by molar-refractivity contribution is 5.99. The molecular formula is C45H69N11O12. The van der Waals surface area contributed by atoms with Gasteiger partial charge in [-0.15, -0.1) is 0 Å². The third-order valence-electron chi connectivity index (χ3n) is 11.8. The lowest BCUT2D eigenvalue weighted by molar-refractivity contribution is -0.143. The van der Waals surface area contributed by atoms with Crippen molar-refractivity contribution in [3.8, 4) is 5.75 Å². The van der Waals surface area contributed by atoms with Crippen molar-refractivity contribution in [3.63, 3.8) is 0 Å². The summed E-state index contributed by atoms with van der Waals surface area (Å²) in [5.41, 5.74) is 16.7. The highest BCUT2D eigenvalue weighted by Gasteiger charge is 2.40. The summed E-state index contributed by atoms with van der Waals surface area (Å²) in [4.78, 5) is 148. The Morgan fingerprint density at radius 2 is 1.40 bits per heavy atom. The molecule has 0 radical (unpaired) electrons. The van der Waals surface area contributed by atoms with Crippen LogP contribution in [0.4, 0.5) is 0 Å². The van der Waals surface area contributed by atoms with E-state index in [9.17, 15) is 57.8 Å². The molecule has 1 aromatic carbocycles. The minimum Gasteiger partial charge on any atom is -0.508 e. The average Bonchev–Trinajstić information content (AvgIpc) is 3.77. The van der Waals surface area contributed by atoms with Gasteiger partial charge in [0.2, 0.25) is 65.0 Å². The molecule has 2 aliphatic heterocycles. The van der Waals surface area contributed by atoms with E-state index in [0.717, 1.165) is 0 Å². The quantitative estimate of drug-likeness (QED) is 0.0781. The molecule has 8 atom stereocenters. The molecule has 68 heavy (non-hydrogen) atoms. The molecule has 11 amide bonds. The molecule has 2 fully saturated rings. The second kappa shape index (κ2) is 27.1. The Balaban J connectivity index is 2.02. The van der Waals surface area contributed by atoms with Crippen LogP contribution in [0.15, 0.2) is 24.3 Å². The second-order valence-electron chi connectivity index (χ2n) is 17.9. The molecule has 2 heterocycles. The predicted molar refractivity (Wildman–Crippen MR) is 245 cm³/mol. The van der Waals surface area contributed by atoms with Gasteiger partial charge in [0.25, 0.3) is 0 Å². The Bertz CT molecular complexity index is 2000. The Labute approximate surface area is 395 Å². The predicted octanol–water partition coefficient (Wildman–Crippen LogP) is -2.37. The van der Waals surface area contributed by atoms with Gasteiger partial charge in [-0.1, -0.05) is 59.1 Å². The van der Waals surface area contributed by atoms with Crippen LogP contribution in [0.2, 0.25) is 0 Å². The van der Waals surface area contributed by atoms with E-state index in [1.54, 1.807) is 26.0 Å². The average molecular weight is 956 g/mol. The number of nitrogens with zero attached hydrogens (tertiary/aromatic N) is 1. The van der Waals surface area contributed by atoms with Crippen LogP contribution in [-0.4, -0.2) is 130 Å². The van der Waals surface area contributed by atoms with Gasteiger partial charge in [-0.2, -0.15) is 0 Å². The summed E-state index contributed by atoms with van der Waals surface area (Å²) in [6.45, 7) is 6.72. The van der Waals surface area contributed by atoms with Gasteiger partial charge in [-0.25, -0.2) is 0 Å². The normalized spacial score (nSPS) is 23.4. The van der Waals surface area contributed by atoms with Gasteiger partial charge in [-0.05, 0) is 68.1 Å². The summed E-state index contributed by atoms with van der Waals surface area (Å²) >= 11 is 0. The van der Waals surface area contributed by atoms with E-state index in [1.165, 1.54) is 17.0 Å². The fraction of sp³-hybridized carbons (Fsp3) is 0.622. The molecule has 3 rings (SSSR count). The highest BCUT2D eigenvalue weighted by Crippen LogP contribution is 2.22. The van der Waals surface area contributed by atoms with E-state index >= 15 is 0 Å². The molecule has 376 valence electrons. The van der Waals surface area contributed by atoms with E-state index < -0.39 is 133 Å². The van der Waals surface area contributed by atoms with Crippen molar-refractivity contribution in [2.75, 3.05) is 13.1 Å². The molecule has 23 nitrogen and oxygen atoms in total. The zero-order valence-electron chi connectivity index (χ0n) is 39.2. The Morgan fingerprint density at radius 3 is 2.01 bits per heavy atom. The number of likely N-dealkylation sites (tertiary alicyclic amines) is 1. The first-order valence-corrected chi connectivity index (χ1v) is 23.1. The minimum absolute atomic E-state index is 0.0204. The molecule has 0 aromatic heterocycles. The first-order chi connectivity index (χ1) is 32.1. The first kappa shape index (κ1) is 55.5. The van der Waals surface area contributed by atoms with Crippen LogP contribution >= 0.6 is 0 Å². The number of benzene rings is 1. The maximum atomic E-state index is 14.5. The standard InChI is InChI=1S/C45H69N11O12/c1-5-25(4)38-44(67)51-28(17-18-34(46)58)40(63)53-32(22-35(47)59)41(64)52-29(10-7-6-8-12-37(61)50-31(42(65)55-38)21-26-13-15-27(57)16-14-26)45(68)56-19-9-11-33(56)43(66)54-30(20-24(2)3)39(62)49-23-36(48)60/h13-16,24-25,28-33,38,57H,5-12,17-23H2,1-4H3,(H2,46,58)(H2,47,59)(H2,48,60)(H,49,62)(H,50,61)(H,51,67)(H,52,64)(H,53,63)(H,54,66)(H,55,65)/t25-,28?,29-,30-,31-,32-,33-,38-/m0/s1. The van der Waals surface area contributed by atoms with Crippen LogP contribution in [0.5, 0.6) is 5.75 Å². The molecule has 1 unspecified atom stereocenters. The van der Waals surface area contributed by atoms with Crippen LogP contribution < -0.4 is 54.4 Å². The summed E-state index contributed by atoms with van der Waals surface area (Å²) in [5.74, 6) is -9.40. The molecule has 2 saturated heterocycles. The van der Waals surface area contributed by atoms with Crippen molar-refractivity contribution >= 4 is 65.0 Å². The van der Waals surface area contributed by atoms with Gasteiger partial charge in [0, 0.05) is 25.8 Å². The number of carbonyl (C=O) groups excluding carboxylic acids is 11. The third kappa shape index (κ3) is 18.1. The van der Waals surface area contributed by atoms with E-state index in [0.29, 0.717) is 24.8 Å². The van der Waals surface area contributed by atoms with Gasteiger partial charge in [0.05, 0.1) is 13.0 Å². The summed E-state index contributed by atoms with van der Waals surface area (Å²) < 4.78 is 0. The monoisotopic (exact) mass is 956 g/mol. The lowest BCUT2D eigenvalue weighted by Crippen LogP contribution is -2.61. The van der Waals surface area contributed by atoms with E-state index in [-0.39, 0.29) is 69.6 Å². The largest absolute Gasteiger partial charge is 0.508 e. The fourth-order valence-electron chi connectivity index (χ4n) is 7.91. The first-order valence-electron chi connectivity index (χ1n) is 23.1. The maximum absolute atomic E-state index is 14.5. The Morgan fingerprint density at radius 1 is 0.750 bits per heavy atom. The number of rotatable bonds is 17. The minimum atomic E-state index is -1.71. The number of primary amides is 3. The Hall–Kier alpha value is -6.81. The van der Waals surface area contributed by atoms with Crippen molar-refractivity contribution in [2.24, 2.45) is 29.0 Å². The molecule has 0 bridgehead atoms. The summed E-state index contributed by atoms with van der Waals surface area (Å²) in [7, 11) is 0. The number of hydrogen-bond donors (Lipinski definition) is 11. The molecule has 2 aliphatic rings. The summed E-state index contributed by atoms with van der Waals surface area (Å²) in [5, 5.41) is 27.9. The van der Waals surface area contributed by atoms with Crippen LogP contribution in [0, 0.1) is 11.8 Å². The lowest BCUT2D eigenvalue weighted by Gasteiger charge is -2.31. The van der Waals surface area contributed by atoms with E-state index in [2.05, 4.69) is 37.2 Å². The topological polar surface area (TPSA) is 374 Å². The molecule has 0 saturated carbocycles. The number of hydrogen-bond acceptors (Lipinski definition) is 12. The highest BCUT2D eigenvalue weighted by atomic mass is 16.3. The van der Waals surface area contributed by atoms with Crippen LogP contribution in [0.1, 0.15) is 110 Å². The molecule has 0 spiro atoms. The molecule has 0 aliphatic carbocycles. The van der Waals surface area contributed by atoms with Crippen molar-refractivity contribution in [1.82, 2.24) is 42.1 Å². The van der Waals surface area contributed by atoms with Gasteiger partial charge in [0.15, 0.2) is 0 Å². The summed E-state index contributed by atoms with van der Waals surface area (Å²) in [6, 6.07) is -3.28. The molecule has 23 heteroatoms. The number of aromatic hydroxyl groups is 1.